The first-order valence-electron chi connectivity index (χ1n) is 8.62. The van der Waals surface area contributed by atoms with Gasteiger partial charge in [-0.05, 0) is 43.9 Å². The fourth-order valence-corrected chi connectivity index (χ4v) is 3.92. The number of aryl methyl sites for hydroxylation is 2. The van der Waals surface area contributed by atoms with Crippen molar-refractivity contribution in [1.29, 1.82) is 0 Å². The highest BCUT2D eigenvalue weighted by molar-refractivity contribution is 5.36. The van der Waals surface area contributed by atoms with E-state index in [0.29, 0.717) is 6.04 Å². The summed E-state index contributed by atoms with van der Waals surface area (Å²) < 4.78 is 2.00. The Morgan fingerprint density at radius 3 is 2.39 bits per heavy atom. The molecule has 3 nitrogen and oxygen atoms in total. The van der Waals surface area contributed by atoms with Crippen LogP contribution in [-0.4, -0.2) is 4.57 Å². The van der Waals surface area contributed by atoms with Crippen LogP contribution in [0.5, 0.6) is 0 Å². The lowest BCUT2D eigenvalue weighted by Crippen LogP contribution is -2.34. The van der Waals surface area contributed by atoms with Crippen LogP contribution in [0.3, 0.4) is 0 Å². The molecule has 1 saturated carbocycles. The van der Waals surface area contributed by atoms with Gasteiger partial charge >= 0.3 is 0 Å². The highest BCUT2D eigenvalue weighted by atomic mass is 16.1. The number of rotatable bonds is 3. The van der Waals surface area contributed by atoms with Crippen LogP contribution in [0, 0.1) is 13.8 Å². The second kappa shape index (κ2) is 6.71. The van der Waals surface area contributed by atoms with E-state index in [1.54, 1.807) is 0 Å². The van der Waals surface area contributed by atoms with Gasteiger partial charge in [0.15, 0.2) is 0 Å². The second-order valence-corrected chi connectivity index (χ2v) is 6.74. The summed E-state index contributed by atoms with van der Waals surface area (Å²) in [4.78, 5) is 13.2. The second-order valence-electron chi connectivity index (χ2n) is 6.74. The molecule has 1 heterocycles. The predicted molar refractivity (Wildman–Crippen MR) is 94.8 cm³/mol. The average molecular weight is 310 g/mol. The Morgan fingerprint density at radius 1 is 1.09 bits per heavy atom. The summed E-state index contributed by atoms with van der Waals surface area (Å²) in [5.74, 6) is 0. The molecule has 1 aliphatic rings. The van der Waals surface area contributed by atoms with Crippen molar-refractivity contribution in [2.75, 3.05) is 0 Å². The van der Waals surface area contributed by atoms with E-state index in [2.05, 4.69) is 6.07 Å². The fourth-order valence-electron chi connectivity index (χ4n) is 3.92. The summed E-state index contributed by atoms with van der Waals surface area (Å²) in [6.45, 7) is 4.04. The van der Waals surface area contributed by atoms with Crippen LogP contribution in [0.15, 0.2) is 41.2 Å². The number of aromatic nitrogens is 1. The molecule has 3 rings (SSSR count). The monoisotopic (exact) mass is 310 g/mol. The Morgan fingerprint density at radius 2 is 1.74 bits per heavy atom. The van der Waals surface area contributed by atoms with Gasteiger partial charge in [0.2, 0.25) is 0 Å². The van der Waals surface area contributed by atoms with Gasteiger partial charge in [0.1, 0.15) is 0 Å². The summed E-state index contributed by atoms with van der Waals surface area (Å²) in [6, 6.07) is 12.0. The molecule has 1 aromatic carbocycles. The molecule has 23 heavy (non-hydrogen) atoms. The van der Waals surface area contributed by atoms with Crippen molar-refractivity contribution in [1.82, 2.24) is 4.57 Å². The molecule has 2 aromatic rings. The van der Waals surface area contributed by atoms with E-state index in [1.807, 2.05) is 48.7 Å². The van der Waals surface area contributed by atoms with Gasteiger partial charge in [-0.2, -0.15) is 0 Å². The number of nitrogens with two attached hydrogens (primary N) is 1. The third kappa shape index (κ3) is 3.11. The van der Waals surface area contributed by atoms with E-state index >= 15 is 0 Å². The van der Waals surface area contributed by atoms with Crippen molar-refractivity contribution in [3.8, 4) is 0 Å². The van der Waals surface area contributed by atoms with Crippen LogP contribution in [0.1, 0.15) is 66.6 Å². The van der Waals surface area contributed by atoms with E-state index in [1.165, 1.54) is 19.3 Å². The molecule has 1 aromatic heterocycles. The molecule has 2 N–H and O–H groups in total. The smallest absolute Gasteiger partial charge is 0.256 e. The minimum atomic E-state index is -0.362. The van der Waals surface area contributed by atoms with E-state index in [9.17, 15) is 4.79 Å². The van der Waals surface area contributed by atoms with E-state index in [-0.39, 0.29) is 11.6 Å². The number of hydrogen-bond donors (Lipinski definition) is 1. The van der Waals surface area contributed by atoms with Crippen LogP contribution in [-0.2, 0) is 0 Å². The molecule has 0 radical (unpaired) electrons. The third-order valence-corrected chi connectivity index (χ3v) is 5.09. The van der Waals surface area contributed by atoms with Crippen molar-refractivity contribution in [3.63, 3.8) is 0 Å². The Balaban J connectivity index is 2.08. The zero-order valence-corrected chi connectivity index (χ0v) is 14.1. The molecule has 0 saturated heterocycles. The Kier molecular flexibility index (Phi) is 4.67. The minimum absolute atomic E-state index is 0.103. The molecule has 0 aliphatic heterocycles. The first-order chi connectivity index (χ1) is 11.1. The lowest BCUT2D eigenvalue weighted by molar-refractivity contribution is 0.340. The topological polar surface area (TPSA) is 48.0 Å². The zero-order chi connectivity index (χ0) is 16.4. The van der Waals surface area contributed by atoms with Gasteiger partial charge < -0.3 is 10.3 Å². The Bertz CT molecular complexity index is 727. The number of benzene rings is 1. The van der Waals surface area contributed by atoms with Crippen LogP contribution in [0.2, 0.25) is 0 Å². The van der Waals surface area contributed by atoms with Crippen LogP contribution in [0.25, 0.3) is 0 Å². The summed E-state index contributed by atoms with van der Waals surface area (Å²) in [6.07, 6.45) is 5.91. The third-order valence-electron chi connectivity index (χ3n) is 5.09. The lowest BCUT2D eigenvalue weighted by Gasteiger charge is -2.28. The zero-order valence-electron chi connectivity index (χ0n) is 14.1. The maximum Gasteiger partial charge on any atom is 0.256 e. The van der Waals surface area contributed by atoms with Gasteiger partial charge in [-0.25, -0.2) is 0 Å². The first kappa shape index (κ1) is 16.0. The average Bonchev–Trinajstić information content (AvgIpc) is 2.56. The van der Waals surface area contributed by atoms with Gasteiger partial charge in [-0.1, -0.05) is 49.6 Å². The molecule has 1 atom stereocenters. The van der Waals surface area contributed by atoms with Crippen molar-refractivity contribution in [2.45, 2.75) is 58.0 Å². The molecule has 1 unspecified atom stereocenters. The van der Waals surface area contributed by atoms with Crippen LogP contribution < -0.4 is 11.3 Å². The van der Waals surface area contributed by atoms with E-state index in [0.717, 1.165) is 35.2 Å². The van der Waals surface area contributed by atoms with Gasteiger partial charge in [-0.15, -0.1) is 0 Å². The van der Waals surface area contributed by atoms with Crippen molar-refractivity contribution in [2.24, 2.45) is 5.73 Å². The molecule has 1 fully saturated rings. The Hall–Kier alpha value is -1.87. The molecular weight excluding hydrogens is 284 g/mol. The quantitative estimate of drug-likeness (QED) is 0.931. The summed E-state index contributed by atoms with van der Waals surface area (Å²) in [5, 5.41) is 0. The largest absolute Gasteiger partial charge is 0.320 e. The number of nitrogens with zero attached hydrogens (tertiary/aromatic N) is 1. The predicted octanol–water partition coefficient (Wildman–Crippen LogP) is 4.02. The van der Waals surface area contributed by atoms with Gasteiger partial charge in [-0.3, -0.25) is 4.79 Å². The molecular formula is C20H26N2O. The normalized spacial score (nSPS) is 17.2. The summed E-state index contributed by atoms with van der Waals surface area (Å²) >= 11 is 0. The molecule has 122 valence electrons. The maximum absolute atomic E-state index is 13.2. The number of hydrogen-bond acceptors (Lipinski definition) is 2. The first-order valence-corrected chi connectivity index (χ1v) is 8.62. The molecule has 0 spiro atoms. The lowest BCUT2D eigenvalue weighted by atomic mass is 9.92. The standard InChI is InChI=1S/C20H26N2O/c1-14-13-15(2)22(17-11-7-4-8-12-17)20(23)18(14)19(21)16-9-5-3-6-10-16/h3,5-6,9-10,13,17,19H,4,7-8,11-12,21H2,1-2H3. The van der Waals surface area contributed by atoms with Crippen LogP contribution >= 0.6 is 0 Å². The Labute approximate surface area is 138 Å². The highest BCUT2D eigenvalue weighted by Gasteiger charge is 2.23. The fraction of sp³-hybridized carbons (Fsp3) is 0.450. The highest BCUT2D eigenvalue weighted by Crippen LogP contribution is 2.29. The van der Waals surface area contributed by atoms with Gasteiger partial charge in [0.25, 0.3) is 5.56 Å². The molecule has 0 amide bonds. The number of pyridine rings is 1. The van der Waals surface area contributed by atoms with Crippen LogP contribution in [0.4, 0.5) is 0 Å². The summed E-state index contributed by atoms with van der Waals surface area (Å²) in [5.41, 5.74) is 10.3. The minimum Gasteiger partial charge on any atom is -0.320 e. The summed E-state index contributed by atoms with van der Waals surface area (Å²) in [7, 11) is 0. The van der Waals surface area contributed by atoms with Crippen molar-refractivity contribution >= 4 is 0 Å². The van der Waals surface area contributed by atoms with Gasteiger partial charge in [0.05, 0.1) is 6.04 Å². The van der Waals surface area contributed by atoms with Crippen molar-refractivity contribution < 1.29 is 0 Å². The maximum atomic E-state index is 13.2. The van der Waals surface area contributed by atoms with Gasteiger partial charge in [0, 0.05) is 17.3 Å². The van der Waals surface area contributed by atoms with E-state index in [4.69, 9.17) is 5.73 Å². The molecule has 3 heteroatoms. The molecule has 0 bridgehead atoms. The van der Waals surface area contributed by atoms with E-state index < -0.39 is 0 Å². The van der Waals surface area contributed by atoms with Crippen molar-refractivity contribution in [3.05, 3.63) is 69.1 Å². The molecule has 1 aliphatic carbocycles. The SMILES string of the molecule is Cc1cc(C)n(C2CCCCC2)c(=O)c1C(N)c1ccccc1.